The summed E-state index contributed by atoms with van der Waals surface area (Å²) in [7, 11) is 0. The molecule has 0 radical (unpaired) electrons. The van der Waals surface area contributed by atoms with Crippen molar-refractivity contribution in [2.45, 2.75) is 25.7 Å². The van der Waals surface area contributed by atoms with Crippen LogP contribution in [0.1, 0.15) is 31.4 Å². The Labute approximate surface area is 109 Å². The van der Waals surface area contributed by atoms with Crippen LogP contribution in [0, 0.1) is 11.3 Å². The molecule has 0 spiro atoms. The third-order valence-electron chi connectivity index (χ3n) is 3.31. The highest BCUT2D eigenvalue weighted by molar-refractivity contribution is 5.42. The molecule has 4 nitrogen and oxygen atoms in total. The Morgan fingerprint density at radius 2 is 2.11 bits per heavy atom. The van der Waals surface area contributed by atoms with Crippen molar-refractivity contribution in [3.63, 3.8) is 0 Å². The second kappa shape index (κ2) is 6.97. The van der Waals surface area contributed by atoms with Crippen molar-refractivity contribution < 1.29 is 0 Å². The summed E-state index contributed by atoms with van der Waals surface area (Å²) in [6.07, 6.45) is 6.98. The topological polar surface area (TPSA) is 52.0 Å². The van der Waals surface area contributed by atoms with Gasteiger partial charge in [-0.2, -0.15) is 5.26 Å². The van der Waals surface area contributed by atoms with Gasteiger partial charge in [0.1, 0.15) is 11.8 Å². The molecule has 0 amide bonds. The molecular weight excluding hydrogens is 224 g/mol. The van der Waals surface area contributed by atoms with Crippen LogP contribution in [0.2, 0.25) is 0 Å². The zero-order valence-electron chi connectivity index (χ0n) is 10.7. The molecule has 4 heteroatoms. The third-order valence-corrected chi connectivity index (χ3v) is 3.31. The molecule has 0 atom stereocenters. The van der Waals surface area contributed by atoms with E-state index in [-0.39, 0.29) is 0 Å². The highest BCUT2D eigenvalue weighted by Crippen LogP contribution is 2.09. The normalized spacial score (nSPS) is 16.2. The lowest BCUT2D eigenvalue weighted by molar-refractivity contribution is 0.228. The molecular formula is C14H20N4. The van der Waals surface area contributed by atoms with Crippen molar-refractivity contribution in [3.05, 3.63) is 24.0 Å². The van der Waals surface area contributed by atoms with E-state index in [1.807, 2.05) is 12.1 Å². The highest BCUT2D eigenvalue weighted by Gasteiger charge is 2.08. The van der Waals surface area contributed by atoms with E-state index >= 15 is 0 Å². The van der Waals surface area contributed by atoms with Crippen LogP contribution < -0.4 is 5.32 Å². The molecule has 1 N–H and O–H groups in total. The summed E-state index contributed by atoms with van der Waals surface area (Å²) in [5.74, 6) is 0. The van der Waals surface area contributed by atoms with E-state index in [4.69, 9.17) is 5.26 Å². The van der Waals surface area contributed by atoms with Crippen LogP contribution in [0.15, 0.2) is 18.3 Å². The predicted octanol–water partition coefficient (Wildman–Crippen LogP) is 2.24. The fraction of sp³-hybridized carbons (Fsp3) is 0.571. The molecule has 1 saturated heterocycles. The average Bonchev–Trinajstić information content (AvgIpc) is 2.45. The van der Waals surface area contributed by atoms with Gasteiger partial charge in [-0.15, -0.1) is 0 Å². The first-order valence-corrected chi connectivity index (χ1v) is 6.71. The van der Waals surface area contributed by atoms with Gasteiger partial charge < -0.3 is 10.2 Å². The molecule has 18 heavy (non-hydrogen) atoms. The van der Waals surface area contributed by atoms with E-state index in [0.717, 1.165) is 18.7 Å². The fourth-order valence-corrected chi connectivity index (χ4v) is 2.28. The molecule has 0 unspecified atom stereocenters. The van der Waals surface area contributed by atoms with Gasteiger partial charge in [-0.1, -0.05) is 6.42 Å². The van der Waals surface area contributed by atoms with Crippen molar-refractivity contribution in [3.8, 4) is 6.07 Å². The van der Waals surface area contributed by atoms with Gasteiger partial charge >= 0.3 is 0 Å². The molecule has 1 aromatic heterocycles. The Bertz CT molecular complexity index is 387. The van der Waals surface area contributed by atoms with E-state index < -0.39 is 0 Å². The highest BCUT2D eigenvalue weighted by atomic mass is 15.1. The summed E-state index contributed by atoms with van der Waals surface area (Å²) in [6, 6.07) is 5.67. The maximum absolute atomic E-state index is 8.65. The molecule has 0 aromatic carbocycles. The van der Waals surface area contributed by atoms with Crippen molar-refractivity contribution in [1.82, 2.24) is 9.88 Å². The molecule has 1 aliphatic rings. The lowest BCUT2D eigenvalue weighted by atomic mass is 10.1. The van der Waals surface area contributed by atoms with Crippen LogP contribution in [0.3, 0.4) is 0 Å². The van der Waals surface area contributed by atoms with E-state index in [2.05, 4.69) is 15.2 Å². The van der Waals surface area contributed by atoms with Crippen LogP contribution in [-0.4, -0.2) is 36.1 Å². The van der Waals surface area contributed by atoms with Gasteiger partial charge in [0.15, 0.2) is 0 Å². The van der Waals surface area contributed by atoms with Crippen LogP contribution in [0.5, 0.6) is 0 Å². The zero-order valence-corrected chi connectivity index (χ0v) is 10.7. The second-order valence-electron chi connectivity index (χ2n) is 4.73. The van der Waals surface area contributed by atoms with E-state index in [9.17, 15) is 0 Å². The summed E-state index contributed by atoms with van der Waals surface area (Å²) in [4.78, 5) is 6.58. The van der Waals surface area contributed by atoms with Gasteiger partial charge in [0.2, 0.25) is 0 Å². The number of nitriles is 1. The number of nitrogens with one attached hydrogen (secondary N) is 1. The Hall–Kier alpha value is -1.60. The number of nitrogens with zero attached hydrogens (tertiary/aromatic N) is 3. The van der Waals surface area contributed by atoms with E-state index in [1.165, 1.54) is 38.9 Å². The minimum Gasteiger partial charge on any atom is -0.384 e. The largest absolute Gasteiger partial charge is 0.384 e. The van der Waals surface area contributed by atoms with Crippen molar-refractivity contribution in [2.75, 3.05) is 31.5 Å². The van der Waals surface area contributed by atoms with Crippen molar-refractivity contribution in [2.24, 2.45) is 0 Å². The average molecular weight is 244 g/mol. The molecule has 0 saturated carbocycles. The van der Waals surface area contributed by atoms with Crippen LogP contribution in [-0.2, 0) is 0 Å². The predicted molar refractivity (Wildman–Crippen MR) is 72.3 cm³/mol. The smallest absolute Gasteiger partial charge is 0.140 e. The lowest BCUT2D eigenvalue weighted by Gasteiger charge is -2.26. The van der Waals surface area contributed by atoms with Crippen LogP contribution in [0.25, 0.3) is 0 Å². The van der Waals surface area contributed by atoms with Crippen LogP contribution in [0.4, 0.5) is 5.69 Å². The Morgan fingerprint density at radius 1 is 1.28 bits per heavy atom. The minimum atomic E-state index is 0.467. The Morgan fingerprint density at radius 3 is 2.78 bits per heavy atom. The summed E-state index contributed by atoms with van der Waals surface area (Å²) < 4.78 is 0. The van der Waals surface area contributed by atoms with Crippen LogP contribution >= 0.6 is 0 Å². The minimum absolute atomic E-state index is 0.467. The zero-order chi connectivity index (χ0) is 12.6. The fourth-order valence-electron chi connectivity index (χ4n) is 2.28. The van der Waals surface area contributed by atoms with Crippen molar-refractivity contribution >= 4 is 5.69 Å². The third kappa shape index (κ3) is 4.01. The van der Waals surface area contributed by atoms with Gasteiger partial charge in [-0.3, -0.25) is 0 Å². The number of anilines is 1. The lowest BCUT2D eigenvalue weighted by Crippen LogP contribution is -2.31. The van der Waals surface area contributed by atoms with Gasteiger partial charge in [-0.05, 0) is 51.0 Å². The van der Waals surface area contributed by atoms with Gasteiger partial charge in [-0.25, -0.2) is 4.98 Å². The van der Waals surface area contributed by atoms with Crippen molar-refractivity contribution in [1.29, 1.82) is 5.26 Å². The number of aromatic nitrogens is 1. The molecule has 1 fully saturated rings. The van der Waals surface area contributed by atoms with E-state index in [1.54, 1.807) is 12.3 Å². The number of likely N-dealkylation sites (tertiary alicyclic amines) is 1. The number of rotatable bonds is 5. The number of piperidine rings is 1. The first-order valence-electron chi connectivity index (χ1n) is 6.71. The Balaban J connectivity index is 1.63. The van der Waals surface area contributed by atoms with Gasteiger partial charge in [0, 0.05) is 6.54 Å². The number of pyridine rings is 1. The molecule has 2 rings (SSSR count). The summed E-state index contributed by atoms with van der Waals surface area (Å²) in [5.41, 5.74) is 1.46. The van der Waals surface area contributed by atoms with Gasteiger partial charge in [0.05, 0.1) is 11.9 Å². The molecule has 0 bridgehead atoms. The first kappa shape index (κ1) is 12.8. The quantitative estimate of drug-likeness (QED) is 0.807. The molecule has 1 aromatic rings. The SMILES string of the molecule is N#Cc1ccc(NCCCN2CCCCC2)cn1. The molecule has 0 aliphatic carbocycles. The van der Waals surface area contributed by atoms with Gasteiger partial charge in [0.25, 0.3) is 0 Å². The Kier molecular flexibility index (Phi) is 4.98. The monoisotopic (exact) mass is 244 g/mol. The number of hydrogen-bond donors (Lipinski definition) is 1. The molecule has 1 aliphatic heterocycles. The second-order valence-corrected chi connectivity index (χ2v) is 4.73. The maximum Gasteiger partial charge on any atom is 0.140 e. The number of hydrogen-bond acceptors (Lipinski definition) is 4. The summed E-state index contributed by atoms with van der Waals surface area (Å²) in [5, 5.41) is 12.0. The molecule has 96 valence electrons. The standard InChI is InChI=1S/C14H20N4/c15-11-13-5-6-14(12-17-13)16-7-4-10-18-8-2-1-3-9-18/h5-6,12,16H,1-4,7-10H2. The first-order chi connectivity index (χ1) is 8.88. The summed E-state index contributed by atoms with van der Waals surface area (Å²) in [6.45, 7) is 4.66. The maximum atomic E-state index is 8.65. The summed E-state index contributed by atoms with van der Waals surface area (Å²) >= 11 is 0. The molecule has 2 heterocycles. The van der Waals surface area contributed by atoms with E-state index in [0.29, 0.717) is 5.69 Å².